The van der Waals surface area contributed by atoms with Crippen LogP contribution in [-0.4, -0.2) is 56.6 Å². The first kappa shape index (κ1) is 31.6. The molecular formula is C35H49N3O4S. The van der Waals surface area contributed by atoms with Gasteiger partial charge >= 0.3 is 0 Å². The van der Waals surface area contributed by atoms with Crippen molar-refractivity contribution in [1.82, 2.24) is 10.2 Å². The van der Waals surface area contributed by atoms with Gasteiger partial charge in [-0.3, -0.25) is 13.9 Å². The number of carbonyl (C=O) groups excluding carboxylic acids is 2. The minimum absolute atomic E-state index is 0.0207. The summed E-state index contributed by atoms with van der Waals surface area (Å²) in [4.78, 5) is 28.9. The second-order valence-electron chi connectivity index (χ2n) is 13.6. The molecule has 0 unspecified atom stereocenters. The highest BCUT2D eigenvalue weighted by Gasteiger charge is 2.51. The number of hydrogen-bond donors (Lipinski definition) is 1. The Morgan fingerprint density at radius 2 is 1.49 bits per heavy atom. The maximum Gasteiger partial charge on any atom is 0.244 e. The van der Waals surface area contributed by atoms with Crippen LogP contribution in [0.5, 0.6) is 0 Å². The molecule has 0 aromatic heterocycles. The molecule has 4 bridgehead atoms. The molecule has 4 fully saturated rings. The normalized spacial score (nSPS) is 25.6. The van der Waals surface area contributed by atoms with Crippen LogP contribution >= 0.6 is 0 Å². The van der Waals surface area contributed by atoms with Crippen LogP contribution in [0.25, 0.3) is 0 Å². The van der Waals surface area contributed by atoms with Gasteiger partial charge in [0.2, 0.25) is 21.8 Å². The zero-order valence-corrected chi connectivity index (χ0v) is 27.1. The SMILES string of the molecule is CC[C@@H](C)NC(=O)[C@@H](CC)N(CCc1ccccc1)C(=O)CN(c1ccc(C23CC4CC(CC(C4)C2)C3)cc1)S(C)(=O)=O. The molecule has 4 aliphatic rings. The monoisotopic (exact) mass is 607 g/mol. The van der Waals surface area contributed by atoms with E-state index in [1.54, 1.807) is 4.90 Å². The third kappa shape index (κ3) is 7.11. The standard InChI is InChI=1S/C35H49N3O4S/c1-5-25(3)36-34(40)32(6-2)37(17-16-26-10-8-7-9-11-26)33(39)24-38(43(4,41)42)31-14-12-30(13-15-31)35-21-27-18-28(22-35)20-29(19-27)23-35/h7-15,25,27-29,32H,5-6,16-24H2,1-4H3,(H,36,40)/t25-,27?,28?,29?,32-,35?/m1/s1. The number of nitrogens with one attached hydrogen (secondary N) is 1. The van der Waals surface area contributed by atoms with E-state index in [9.17, 15) is 18.0 Å². The summed E-state index contributed by atoms with van der Waals surface area (Å²) in [6.07, 6.45) is 10.7. The van der Waals surface area contributed by atoms with Gasteiger partial charge in [0.1, 0.15) is 12.6 Å². The molecule has 0 spiro atoms. The van der Waals surface area contributed by atoms with Crippen molar-refractivity contribution in [2.24, 2.45) is 17.8 Å². The van der Waals surface area contributed by atoms with E-state index < -0.39 is 16.1 Å². The zero-order valence-electron chi connectivity index (χ0n) is 26.3. The summed E-state index contributed by atoms with van der Waals surface area (Å²) >= 11 is 0. The Morgan fingerprint density at radius 1 is 0.907 bits per heavy atom. The van der Waals surface area contributed by atoms with Gasteiger partial charge < -0.3 is 10.2 Å². The third-order valence-electron chi connectivity index (χ3n) is 10.4. The lowest BCUT2D eigenvalue weighted by atomic mass is 9.48. The van der Waals surface area contributed by atoms with E-state index in [1.165, 1.54) is 48.4 Å². The van der Waals surface area contributed by atoms with Crippen LogP contribution in [0.3, 0.4) is 0 Å². The van der Waals surface area contributed by atoms with E-state index in [4.69, 9.17) is 0 Å². The van der Waals surface area contributed by atoms with Crippen molar-refractivity contribution in [1.29, 1.82) is 0 Å². The molecular weight excluding hydrogens is 558 g/mol. The van der Waals surface area contributed by atoms with Crippen LogP contribution in [-0.2, 0) is 31.4 Å². The first-order chi connectivity index (χ1) is 20.5. The van der Waals surface area contributed by atoms with Crippen LogP contribution in [0.15, 0.2) is 54.6 Å². The van der Waals surface area contributed by atoms with Crippen molar-refractivity contribution in [2.75, 3.05) is 23.7 Å². The minimum Gasteiger partial charge on any atom is -0.352 e. The summed E-state index contributed by atoms with van der Waals surface area (Å²) in [7, 11) is -3.76. The van der Waals surface area contributed by atoms with E-state index in [1.807, 2.05) is 63.2 Å². The van der Waals surface area contributed by atoms with Gasteiger partial charge in [-0.05, 0) is 111 Å². The molecule has 2 aromatic carbocycles. The second kappa shape index (κ2) is 13.0. The Bertz CT molecular complexity index is 1340. The number of nitrogens with zero attached hydrogens (tertiary/aromatic N) is 2. The Morgan fingerprint density at radius 3 is 2.00 bits per heavy atom. The van der Waals surface area contributed by atoms with E-state index in [-0.39, 0.29) is 29.8 Å². The van der Waals surface area contributed by atoms with Crippen molar-refractivity contribution in [3.8, 4) is 0 Å². The van der Waals surface area contributed by atoms with Crippen molar-refractivity contribution in [3.63, 3.8) is 0 Å². The van der Waals surface area contributed by atoms with Gasteiger partial charge in [0, 0.05) is 12.6 Å². The van der Waals surface area contributed by atoms with Crippen molar-refractivity contribution >= 4 is 27.5 Å². The van der Waals surface area contributed by atoms with E-state index in [0.717, 1.165) is 36.0 Å². The predicted molar refractivity (Wildman–Crippen MR) is 172 cm³/mol. The van der Waals surface area contributed by atoms with Crippen molar-refractivity contribution in [2.45, 2.75) is 96.1 Å². The van der Waals surface area contributed by atoms with E-state index in [0.29, 0.717) is 25.1 Å². The smallest absolute Gasteiger partial charge is 0.244 e. The molecule has 43 heavy (non-hydrogen) atoms. The Labute approximate surface area is 258 Å². The maximum atomic E-state index is 14.0. The van der Waals surface area contributed by atoms with E-state index >= 15 is 0 Å². The van der Waals surface area contributed by atoms with Crippen molar-refractivity contribution in [3.05, 3.63) is 65.7 Å². The highest BCUT2D eigenvalue weighted by atomic mass is 32.2. The molecule has 4 saturated carbocycles. The van der Waals surface area contributed by atoms with Crippen LogP contribution in [0.4, 0.5) is 5.69 Å². The van der Waals surface area contributed by atoms with E-state index in [2.05, 4.69) is 17.4 Å². The fourth-order valence-corrected chi connectivity index (χ4v) is 9.25. The van der Waals surface area contributed by atoms with Gasteiger partial charge in [0.05, 0.1) is 11.9 Å². The van der Waals surface area contributed by atoms with Gasteiger partial charge in [-0.1, -0.05) is 56.3 Å². The molecule has 6 rings (SSSR count). The molecule has 0 radical (unpaired) electrons. The number of hydrogen-bond acceptors (Lipinski definition) is 4. The number of benzene rings is 2. The number of anilines is 1. The van der Waals surface area contributed by atoms with Gasteiger partial charge in [0.15, 0.2) is 0 Å². The number of amides is 2. The van der Waals surface area contributed by atoms with Gasteiger partial charge in [-0.15, -0.1) is 0 Å². The highest BCUT2D eigenvalue weighted by molar-refractivity contribution is 7.92. The summed E-state index contributed by atoms with van der Waals surface area (Å²) in [5.74, 6) is 1.88. The second-order valence-corrected chi connectivity index (χ2v) is 15.5. The molecule has 1 N–H and O–H groups in total. The lowest BCUT2D eigenvalue weighted by molar-refractivity contribution is -0.139. The van der Waals surface area contributed by atoms with Gasteiger partial charge in [-0.25, -0.2) is 8.42 Å². The van der Waals surface area contributed by atoms with Crippen LogP contribution < -0.4 is 9.62 Å². The van der Waals surface area contributed by atoms with Crippen LogP contribution in [0, 0.1) is 17.8 Å². The molecule has 2 aromatic rings. The molecule has 0 saturated heterocycles. The van der Waals surface area contributed by atoms with Crippen LogP contribution in [0.1, 0.15) is 83.3 Å². The quantitative estimate of drug-likeness (QED) is 0.317. The molecule has 4 aliphatic carbocycles. The number of carbonyl (C=O) groups is 2. The first-order valence-corrected chi connectivity index (χ1v) is 18.1. The van der Waals surface area contributed by atoms with Gasteiger partial charge in [0.25, 0.3) is 0 Å². The largest absolute Gasteiger partial charge is 0.352 e. The lowest BCUT2D eigenvalue weighted by Gasteiger charge is -2.57. The molecule has 0 heterocycles. The summed E-state index contributed by atoms with van der Waals surface area (Å²) in [6.45, 7) is 5.80. The van der Waals surface area contributed by atoms with Crippen LogP contribution in [0.2, 0.25) is 0 Å². The predicted octanol–water partition coefficient (Wildman–Crippen LogP) is 5.69. The molecule has 2 amide bonds. The summed E-state index contributed by atoms with van der Waals surface area (Å²) in [6, 6.07) is 17.1. The molecule has 0 aliphatic heterocycles. The maximum absolute atomic E-state index is 14.0. The molecule has 2 atom stereocenters. The van der Waals surface area contributed by atoms with Crippen molar-refractivity contribution < 1.29 is 18.0 Å². The third-order valence-corrected chi connectivity index (χ3v) is 11.5. The average molecular weight is 608 g/mol. The topological polar surface area (TPSA) is 86.8 Å². The Kier molecular flexibility index (Phi) is 9.55. The summed E-state index contributed by atoms with van der Waals surface area (Å²) in [5.41, 5.74) is 3.07. The number of sulfonamides is 1. The number of rotatable bonds is 13. The first-order valence-electron chi connectivity index (χ1n) is 16.2. The highest BCUT2D eigenvalue weighted by Crippen LogP contribution is 2.60. The summed E-state index contributed by atoms with van der Waals surface area (Å²) < 4.78 is 27.4. The Hall–Kier alpha value is -2.87. The average Bonchev–Trinajstić information content (AvgIpc) is 2.97. The fraction of sp³-hybridized carbons (Fsp3) is 0.600. The minimum atomic E-state index is -3.76. The fourth-order valence-electron chi connectivity index (χ4n) is 8.40. The Balaban J connectivity index is 1.37. The lowest BCUT2D eigenvalue weighted by Crippen LogP contribution is -2.54. The molecule has 234 valence electrons. The van der Waals surface area contributed by atoms with Gasteiger partial charge in [-0.2, -0.15) is 0 Å². The zero-order chi connectivity index (χ0) is 30.8. The summed E-state index contributed by atoms with van der Waals surface area (Å²) in [5, 5.41) is 3.03. The molecule has 8 heteroatoms. The molecule has 7 nitrogen and oxygen atoms in total.